The number of carbonyl (C=O) groups excluding carboxylic acids is 1. The highest BCUT2D eigenvalue weighted by atomic mass is 32.2. The lowest BCUT2D eigenvalue weighted by Crippen LogP contribution is -2.36. The van der Waals surface area contributed by atoms with Gasteiger partial charge in [0.05, 0.1) is 12.6 Å². The Morgan fingerprint density at radius 3 is 2.77 bits per heavy atom. The van der Waals surface area contributed by atoms with Gasteiger partial charge in [-0.2, -0.15) is 0 Å². The van der Waals surface area contributed by atoms with E-state index in [4.69, 9.17) is 10.5 Å². The lowest BCUT2D eigenvalue weighted by atomic mass is 10.0. The molecule has 1 rings (SSSR count). The number of benzene rings is 1. The molecular formula is C16H26N2O3S. The van der Waals surface area contributed by atoms with Crippen molar-refractivity contribution in [2.75, 3.05) is 24.8 Å². The summed E-state index contributed by atoms with van der Waals surface area (Å²) in [5.41, 5.74) is 7.47. The minimum Gasteiger partial charge on any atom is -0.384 e. The van der Waals surface area contributed by atoms with Gasteiger partial charge in [-0.15, -0.1) is 0 Å². The van der Waals surface area contributed by atoms with E-state index in [1.807, 2.05) is 38.1 Å². The maximum atomic E-state index is 12.0. The Hall–Kier alpha value is -1.24. The Bertz CT molecular complexity index is 506. The molecule has 22 heavy (non-hydrogen) atoms. The zero-order valence-electron chi connectivity index (χ0n) is 13.5. The molecule has 6 heteroatoms. The van der Waals surface area contributed by atoms with E-state index in [0.717, 1.165) is 5.56 Å². The van der Waals surface area contributed by atoms with Crippen molar-refractivity contribution in [2.45, 2.75) is 32.1 Å². The topological polar surface area (TPSA) is 81.4 Å². The smallest absolute Gasteiger partial charge is 0.241 e. The molecule has 0 saturated heterocycles. The van der Waals surface area contributed by atoms with Crippen molar-refractivity contribution in [1.82, 2.24) is 0 Å². The molecule has 2 atom stereocenters. The summed E-state index contributed by atoms with van der Waals surface area (Å²) in [6.45, 7) is 4.54. The highest BCUT2D eigenvalue weighted by Gasteiger charge is 2.15. The van der Waals surface area contributed by atoms with Crippen LogP contribution in [0.3, 0.4) is 0 Å². The van der Waals surface area contributed by atoms with E-state index in [-0.39, 0.29) is 5.91 Å². The number of anilines is 1. The first-order chi connectivity index (χ1) is 10.4. The molecule has 0 aromatic heterocycles. The summed E-state index contributed by atoms with van der Waals surface area (Å²) < 4.78 is 16.8. The second-order valence-corrected chi connectivity index (χ2v) is 7.28. The van der Waals surface area contributed by atoms with Crippen LogP contribution in [0.2, 0.25) is 0 Å². The van der Waals surface area contributed by atoms with Crippen molar-refractivity contribution in [1.29, 1.82) is 0 Å². The third kappa shape index (κ3) is 7.15. The highest BCUT2D eigenvalue weighted by molar-refractivity contribution is 7.84. The average Bonchev–Trinajstić information content (AvgIpc) is 2.44. The van der Waals surface area contributed by atoms with Gasteiger partial charge in [0.15, 0.2) is 0 Å². The summed E-state index contributed by atoms with van der Waals surface area (Å²) in [6.07, 6.45) is 0.645. The first-order valence-corrected chi connectivity index (χ1v) is 8.90. The average molecular weight is 326 g/mol. The van der Waals surface area contributed by atoms with Gasteiger partial charge in [-0.1, -0.05) is 26.0 Å². The van der Waals surface area contributed by atoms with Crippen LogP contribution in [0.25, 0.3) is 0 Å². The SMILES string of the molecule is COCCS(=O)Cc1cccc(NC(=O)[C@@H](N)CC(C)C)c1. The number of rotatable bonds is 9. The van der Waals surface area contributed by atoms with Crippen LogP contribution in [0.4, 0.5) is 5.69 Å². The van der Waals surface area contributed by atoms with Crippen molar-refractivity contribution in [3.8, 4) is 0 Å². The van der Waals surface area contributed by atoms with E-state index in [9.17, 15) is 9.00 Å². The number of hydrogen-bond donors (Lipinski definition) is 2. The largest absolute Gasteiger partial charge is 0.384 e. The van der Waals surface area contributed by atoms with E-state index < -0.39 is 16.8 Å². The fraction of sp³-hybridized carbons (Fsp3) is 0.562. The minimum atomic E-state index is -0.971. The van der Waals surface area contributed by atoms with Gasteiger partial charge in [0.25, 0.3) is 0 Å². The lowest BCUT2D eigenvalue weighted by molar-refractivity contribution is -0.117. The maximum Gasteiger partial charge on any atom is 0.241 e. The molecule has 1 amide bonds. The molecule has 0 saturated carbocycles. The normalized spacial score (nSPS) is 13.9. The minimum absolute atomic E-state index is 0.189. The summed E-state index contributed by atoms with van der Waals surface area (Å²) in [5.74, 6) is 1.14. The Kier molecular flexibility index (Phi) is 8.30. The number of nitrogens with one attached hydrogen (secondary N) is 1. The summed E-state index contributed by atoms with van der Waals surface area (Å²) in [5, 5.41) is 2.82. The molecule has 0 spiro atoms. The van der Waals surface area contributed by atoms with Crippen LogP contribution in [0.1, 0.15) is 25.8 Å². The summed E-state index contributed by atoms with van der Waals surface area (Å²) in [6, 6.07) is 6.87. The molecular weight excluding hydrogens is 300 g/mol. The van der Waals surface area contributed by atoms with E-state index >= 15 is 0 Å². The van der Waals surface area contributed by atoms with Crippen LogP contribution < -0.4 is 11.1 Å². The molecule has 1 aromatic rings. The molecule has 1 aromatic carbocycles. The third-order valence-corrected chi connectivity index (χ3v) is 4.38. The highest BCUT2D eigenvalue weighted by Crippen LogP contribution is 2.14. The second-order valence-electron chi connectivity index (χ2n) is 5.71. The summed E-state index contributed by atoms with van der Waals surface area (Å²) in [4.78, 5) is 12.0. The molecule has 0 bridgehead atoms. The van der Waals surface area contributed by atoms with Crippen molar-refractivity contribution in [2.24, 2.45) is 11.7 Å². The number of hydrogen-bond acceptors (Lipinski definition) is 4. The van der Waals surface area contributed by atoms with Gasteiger partial charge >= 0.3 is 0 Å². The van der Waals surface area contributed by atoms with Gasteiger partial charge in [-0.05, 0) is 30.0 Å². The van der Waals surface area contributed by atoms with Gasteiger partial charge in [-0.3, -0.25) is 9.00 Å². The Morgan fingerprint density at radius 2 is 2.14 bits per heavy atom. The molecule has 0 fully saturated rings. The Morgan fingerprint density at radius 1 is 1.41 bits per heavy atom. The summed E-state index contributed by atoms with van der Waals surface area (Å²) in [7, 11) is 0.620. The summed E-state index contributed by atoms with van der Waals surface area (Å²) >= 11 is 0. The van der Waals surface area contributed by atoms with E-state index in [1.54, 1.807) is 7.11 Å². The molecule has 3 N–H and O–H groups in total. The van der Waals surface area contributed by atoms with E-state index in [1.165, 1.54) is 0 Å². The lowest BCUT2D eigenvalue weighted by Gasteiger charge is -2.14. The Balaban J connectivity index is 2.60. The Labute approximate surface area is 135 Å². The number of methoxy groups -OCH3 is 1. The quantitative estimate of drug-likeness (QED) is 0.726. The predicted molar refractivity (Wildman–Crippen MR) is 91.1 cm³/mol. The molecule has 5 nitrogen and oxygen atoms in total. The zero-order chi connectivity index (χ0) is 16.5. The first-order valence-electron chi connectivity index (χ1n) is 7.41. The molecule has 0 radical (unpaired) electrons. The van der Waals surface area contributed by atoms with Crippen LogP contribution in [0.15, 0.2) is 24.3 Å². The van der Waals surface area contributed by atoms with Crippen LogP contribution in [0, 0.1) is 5.92 Å². The van der Waals surface area contributed by atoms with Crippen molar-refractivity contribution < 1.29 is 13.7 Å². The predicted octanol–water partition coefficient (Wildman–Crippen LogP) is 1.89. The zero-order valence-corrected chi connectivity index (χ0v) is 14.3. The monoisotopic (exact) mass is 326 g/mol. The fourth-order valence-corrected chi connectivity index (χ4v) is 3.07. The molecule has 0 aliphatic rings. The van der Waals surface area contributed by atoms with Crippen molar-refractivity contribution in [3.63, 3.8) is 0 Å². The van der Waals surface area contributed by atoms with Crippen LogP contribution in [0.5, 0.6) is 0 Å². The molecule has 0 aliphatic carbocycles. The van der Waals surface area contributed by atoms with Gasteiger partial charge in [-0.25, -0.2) is 0 Å². The van der Waals surface area contributed by atoms with E-state index in [2.05, 4.69) is 5.32 Å². The van der Waals surface area contributed by atoms with Gasteiger partial charge in [0.1, 0.15) is 0 Å². The van der Waals surface area contributed by atoms with Crippen LogP contribution in [-0.4, -0.2) is 35.6 Å². The molecule has 0 heterocycles. The molecule has 1 unspecified atom stereocenters. The van der Waals surface area contributed by atoms with Gasteiger partial charge in [0.2, 0.25) is 5.91 Å². The number of ether oxygens (including phenoxy) is 1. The first kappa shape index (κ1) is 18.8. The molecule has 0 aliphatic heterocycles. The number of nitrogens with two attached hydrogens (primary N) is 1. The maximum absolute atomic E-state index is 12.0. The van der Waals surface area contributed by atoms with Crippen LogP contribution >= 0.6 is 0 Å². The van der Waals surface area contributed by atoms with Gasteiger partial charge < -0.3 is 15.8 Å². The van der Waals surface area contributed by atoms with Crippen molar-refractivity contribution in [3.05, 3.63) is 29.8 Å². The second kappa shape index (κ2) is 9.71. The molecule has 124 valence electrons. The standard InChI is InChI=1S/C16H26N2O3S/c1-12(2)9-15(17)16(19)18-14-6-4-5-13(10-14)11-22(20)8-7-21-3/h4-6,10,12,15H,7-9,11,17H2,1-3H3,(H,18,19)/t15-,22?/m0/s1. The van der Waals surface area contributed by atoms with Gasteiger partial charge in [0, 0.05) is 35.1 Å². The fourth-order valence-electron chi connectivity index (χ4n) is 2.02. The van der Waals surface area contributed by atoms with E-state index in [0.29, 0.717) is 36.1 Å². The number of carbonyl (C=O) groups is 1. The third-order valence-electron chi connectivity index (χ3n) is 3.10. The van der Waals surface area contributed by atoms with Crippen LogP contribution in [-0.2, 0) is 26.1 Å². The van der Waals surface area contributed by atoms with Crippen molar-refractivity contribution >= 4 is 22.4 Å². The number of amides is 1.